The van der Waals surface area contributed by atoms with Gasteiger partial charge in [-0.3, -0.25) is 9.59 Å². The van der Waals surface area contributed by atoms with Crippen LogP contribution in [0.25, 0.3) is 0 Å². The van der Waals surface area contributed by atoms with E-state index >= 15 is 0 Å². The summed E-state index contributed by atoms with van der Waals surface area (Å²) in [6.07, 6.45) is 3.72. The molecule has 0 aliphatic heterocycles. The van der Waals surface area contributed by atoms with E-state index in [0.717, 1.165) is 25.7 Å². The second-order valence-electron chi connectivity index (χ2n) is 5.60. The number of hydrogen-bond acceptors (Lipinski definition) is 2. The van der Waals surface area contributed by atoms with Gasteiger partial charge in [0.2, 0.25) is 5.91 Å². The summed E-state index contributed by atoms with van der Waals surface area (Å²) in [6.45, 7) is 0. The van der Waals surface area contributed by atoms with Crippen LogP contribution in [-0.2, 0) is 9.59 Å². The minimum Gasteiger partial charge on any atom is -0.481 e. The van der Waals surface area contributed by atoms with E-state index in [9.17, 15) is 9.59 Å². The van der Waals surface area contributed by atoms with Crippen LogP contribution in [0.1, 0.15) is 38.5 Å². The molecule has 1 fully saturated rings. The van der Waals surface area contributed by atoms with Gasteiger partial charge < -0.3 is 10.4 Å². The van der Waals surface area contributed by atoms with Crippen molar-refractivity contribution in [3.8, 4) is 0 Å². The highest BCUT2D eigenvalue weighted by Crippen LogP contribution is 2.44. The summed E-state index contributed by atoms with van der Waals surface area (Å²) in [4.78, 5) is 23.2. The summed E-state index contributed by atoms with van der Waals surface area (Å²) in [5.41, 5.74) is 0.0266. The second-order valence-corrected chi connectivity index (χ2v) is 6.39. The molecule has 21 heavy (non-hydrogen) atoms. The first kappa shape index (κ1) is 16.1. The number of carbonyl (C=O) groups excluding carboxylic acids is 1. The van der Waals surface area contributed by atoms with Gasteiger partial charge in [0.05, 0.1) is 22.2 Å². The van der Waals surface area contributed by atoms with Crippen molar-refractivity contribution < 1.29 is 14.7 Å². The van der Waals surface area contributed by atoms with Gasteiger partial charge in [-0.25, -0.2) is 0 Å². The zero-order valence-corrected chi connectivity index (χ0v) is 13.0. The van der Waals surface area contributed by atoms with Gasteiger partial charge in [0, 0.05) is 6.42 Å². The Balaban J connectivity index is 2.06. The molecule has 0 atom stereocenters. The fourth-order valence-corrected chi connectivity index (χ4v) is 3.34. The molecule has 2 N–H and O–H groups in total. The van der Waals surface area contributed by atoms with E-state index in [1.54, 1.807) is 18.2 Å². The van der Waals surface area contributed by atoms with Gasteiger partial charge in [0.1, 0.15) is 0 Å². The summed E-state index contributed by atoms with van der Waals surface area (Å²) in [6, 6.07) is 5.01. The van der Waals surface area contributed by atoms with Gasteiger partial charge in [-0.05, 0) is 30.4 Å². The SMILES string of the molecule is O=C(O)CC1(CC(=O)Nc2cccc(Cl)c2Cl)CCCC1. The zero-order valence-electron chi connectivity index (χ0n) is 11.5. The Morgan fingerprint density at radius 2 is 1.86 bits per heavy atom. The lowest BCUT2D eigenvalue weighted by atomic mass is 9.79. The number of hydrogen-bond donors (Lipinski definition) is 2. The Morgan fingerprint density at radius 3 is 2.48 bits per heavy atom. The third-order valence-corrected chi connectivity index (χ3v) is 4.77. The Morgan fingerprint density at radius 1 is 1.19 bits per heavy atom. The number of carbonyl (C=O) groups is 2. The first-order valence-corrected chi connectivity index (χ1v) is 7.63. The molecule has 1 aliphatic rings. The quantitative estimate of drug-likeness (QED) is 0.843. The van der Waals surface area contributed by atoms with Crippen molar-refractivity contribution in [2.45, 2.75) is 38.5 Å². The molecule has 114 valence electrons. The lowest BCUT2D eigenvalue weighted by Gasteiger charge is -2.26. The lowest BCUT2D eigenvalue weighted by molar-refractivity contribution is -0.140. The van der Waals surface area contributed by atoms with Crippen molar-refractivity contribution in [3.05, 3.63) is 28.2 Å². The smallest absolute Gasteiger partial charge is 0.303 e. The third-order valence-electron chi connectivity index (χ3n) is 3.95. The van der Waals surface area contributed by atoms with Crippen molar-refractivity contribution in [2.75, 3.05) is 5.32 Å². The highest BCUT2D eigenvalue weighted by atomic mass is 35.5. The van der Waals surface area contributed by atoms with Gasteiger partial charge in [-0.1, -0.05) is 42.1 Å². The number of anilines is 1. The molecule has 1 saturated carbocycles. The Hall–Kier alpha value is -1.26. The summed E-state index contributed by atoms with van der Waals surface area (Å²) in [7, 11) is 0. The molecule has 1 amide bonds. The van der Waals surface area contributed by atoms with Crippen molar-refractivity contribution in [2.24, 2.45) is 5.41 Å². The van der Waals surface area contributed by atoms with Crippen LogP contribution in [0.2, 0.25) is 10.0 Å². The summed E-state index contributed by atoms with van der Waals surface area (Å²) in [5, 5.41) is 12.4. The Kier molecular flexibility index (Phi) is 5.12. The van der Waals surface area contributed by atoms with Crippen LogP contribution in [0, 0.1) is 5.41 Å². The van der Waals surface area contributed by atoms with E-state index in [1.807, 2.05) is 0 Å². The van der Waals surface area contributed by atoms with E-state index in [2.05, 4.69) is 5.32 Å². The molecule has 0 radical (unpaired) electrons. The van der Waals surface area contributed by atoms with Crippen LogP contribution >= 0.6 is 23.2 Å². The van der Waals surface area contributed by atoms with Crippen molar-refractivity contribution in [1.29, 1.82) is 0 Å². The highest BCUT2D eigenvalue weighted by molar-refractivity contribution is 6.43. The van der Waals surface area contributed by atoms with Gasteiger partial charge in [0.15, 0.2) is 0 Å². The molecule has 0 aromatic heterocycles. The summed E-state index contributed by atoms with van der Waals surface area (Å²) >= 11 is 11.9. The molecule has 1 aromatic rings. The fourth-order valence-electron chi connectivity index (χ4n) is 3.00. The van der Waals surface area contributed by atoms with Crippen molar-refractivity contribution >= 4 is 40.8 Å². The van der Waals surface area contributed by atoms with Crippen LogP contribution in [0.3, 0.4) is 0 Å². The number of rotatable bonds is 5. The molecular weight excluding hydrogens is 313 g/mol. The van der Waals surface area contributed by atoms with Gasteiger partial charge >= 0.3 is 5.97 Å². The molecular formula is C15H17Cl2NO3. The number of amides is 1. The molecule has 0 spiro atoms. The molecule has 0 bridgehead atoms. The summed E-state index contributed by atoms with van der Waals surface area (Å²) in [5.74, 6) is -1.08. The number of carboxylic acids is 1. The maximum Gasteiger partial charge on any atom is 0.303 e. The molecule has 2 rings (SSSR count). The van der Waals surface area contributed by atoms with Crippen molar-refractivity contribution in [3.63, 3.8) is 0 Å². The van der Waals surface area contributed by atoms with E-state index in [4.69, 9.17) is 28.3 Å². The highest BCUT2D eigenvalue weighted by Gasteiger charge is 2.38. The fraction of sp³-hybridized carbons (Fsp3) is 0.467. The predicted molar refractivity (Wildman–Crippen MR) is 82.9 cm³/mol. The normalized spacial score (nSPS) is 16.7. The van der Waals surface area contributed by atoms with Crippen LogP contribution in [0.4, 0.5) is 5.69 Å². The largest absolute Gasteiger partial charge is 0.481 e. The lowest BCUT2D eigenvalue weighted by Crippen LogP contribution is -2.27. The molecule has 6 heteroatoms. The predicted octanol–water partition coefficient (Wildman–Crippen LogP) is 4.36. The number of nitrogens with one attached hydrogen (secondary N) is 1. The van der Waals surface area contributed by atoms with Crippen LogP contribution in [0.15, 0.2) is 18.2 Å². The zero-order chi connectivity index (χ0) is 15.5. The third kappa shape index (κ3) is 4.11. The topological polar surface area (TPSA) is 66.4 Å². The maximum absolute atomic E-state index is 12.2. The number of carboxylic acid groups (broad SMARTS) is 1. The Labute approximate surface area is 133 Å². The van der Waals surface area contributed by atoms with E-state index in [-0.39, 0.29) is 18.7 Å². The average Bonchev–Trinajstić information content (AvgIpc) is 2.82. The minimum atomic E-state index is -0.856. The van der Waals surface area contributed by atoms with Gasteiger partial charge in [0.25, 0.3) is 0 Å². The summed E-state index contributed by atoms with van der Waals surface area (Å²) < 4.78 is 0. The molecule has 4 nitrogen and oxygen atoms in total. The van der Waals surface area contributed by atoms with Crippen LogP contribution < -0.4 is 5.32 Å². The number of aliphatic carboxylic acids is 1. The molecule has 0 saturated heterocycles. The molecule has 0 heterocycles. The monoisotopic (exact) mass is 329 g/mol. The Bertz CT molecular complexity index is 554. The van der Waals surface area contributed by atoms with E-state index < -0.39 is 11.4 Å². The number of benzene rings is 1. The van der Waals surface area contributed by atoms with E-state index in [1.165, 1.54) is 0 Å². The second kappa shape index (κ2) is 6.67. The minimum absolute atomic E-state index is 0.0314. The van der Waals surface area contributed by atoms with Crippen LogP contribution in [-0.4, -0.2) is 17.0 Å². The maximum atomic E-state index is 12.2. The number of halogens is 2. The van der Waals surface area contributed by atoms with Crippen molar-refractivity contribution in [1.82, 2.24) is 0 Å². The first-order valence-electron chi connectivity index (χ1n) is 6.88. The average molecular weight is 330 g/mol. The van der Waals surface area contributed by atoms with Crippen LogP contribution in [0.5, 0.6) is 0 Å². The van der Waals surface area contributed by atoms with E-state index in [0.29, 0.717) is 15.7 Å². The molecule has 1 aliphatic carbocycles. The molecule has 1 aromatic carbocycles. The molecule has 0 unspecified atom stereocenters. The van der Waals surface area contributed by atoms with Gasteiger partial charge in [-0.2, -0.15) is 0 Å². The first-order chi connectivity index (χ1) is 9.92. The van der Waals surface area contributed by atoms with Gasteiger partial charge in [-0.15, -0.1) is 0 Å². The standard InChI is InChI=1S/C15H17Cl2NO3/c16-10-4-3-5-11(14(10)17)18-12(19)8-15(9-13(20)21)6-1-2-7-15/h3-5H,1-2,6-9H2,(H,18,19)(H,20,21).